The van der Waals surface area contributed by atoms with Crippen LogP contribution in [0.15, 0.2) is 47.4 Å². The third-order valence-electron chi connectivity index (χ3n) is 4.21. The van der Waals surface area contributed by atoms with E-state index in [0.29, 0.717) is 16.8 Å². The monoisotopic (exact) mass is 448 g/mol. The summed E-state index contributed by atoms with van der Waals surface area (Å²) in [7, 11) is -3.88. The number of hydrogen-bond donors (Lipinski definition) is 2. The van der Waals surface area contributed by atoms with Crippen molar-refractivity contribution < 1.29 is 21.6 Å². The minimum absolute atomic E-state index is 0.0712. The van der Waals surface area contributed by atoms with Crippen LogP contribution in [0.25, 0.3) is 0 Å². The Bertz CT molecular complexity index is 915. The molecule has 2 aromatic rings. The van der Waals surface area contributed by atoms with E-state index in [1.54, 1.807) is 12.1 Å². The Hall–Kier alpha value is -1.58. The van der Waals surface area contributed by atoms with Gasteiger partial charge in [-0.1, -0.05) is 34.1 Å². The van der Waals surface area contributed by atoms with Crippen LogP contribution in [0.2, 0.25) is 0 Å². The van der Waals surface area contributed by atoms with Crippen LogP contribution in [-0.4, -0.2) is 13.2 Å². The van der Waals surface area contributed by atoms with Gasteiger partial charge in [0.2, 0.25) is 10.0 Å². The van der Waals surface area contributed by atoms with Gasteiger partial charge >= 0.3 is 6.18 Å². The summed E-state index contributed by atoms with van der Waals surface area (Å²) < 4.78 is 61.5. The van der Waals surface area contributed by atoms with Crippen molar-refractivity contribution in [1.82, 2.24) is 0 Å². The van der Waals surface area contributed by atoms with Gasteiger partial charge in [-0.15, -0.1) is 0 Å². The molecule has 0 spiro atoms. The molecule has 1 fully saturated rings. The Balaban J connectivity index is 1.76. The predicted molar refractivity (Wildman–Crippen MR) is 96.7 cm³/mol. The summed E-state index contributed by atoms with van der Waals surface area (Å²) in [6.45, 7) is 0.256. The molecule has 0 radical (unpaired) electrons. The fourth-order valence-electron chi connectivity index (χ4n) is 2.70. The molecule has 1 aliphatic rings. The van der Waals surface area contributed by atoms with Gasteiger partial charge < -0.3 is 5.32 Å². The summed E-state index contributed by atoms with van der Waals surface area (Å²) in [5.41, 5.74) is 1.14. The lowest BCUT2D eigenvalue weighted by Crippen LogP contribution is -2.15. The van der Waals surface area contributed by atoms with Crippen LogP contribution >= 0.6 is 15.9 Å². The molecule has 26 heavy (non-hydrogen) atoms. The molecule has 1 aliphatic carbocycles. The first-order chi connectivity index (χ1) is 12.1. The average Bonchev–Trinajstić information content (AvgIpc) is 3.28. The highest BCUT2D eigenvalue weighted by atomic mass is 79.9. The largest absolute Gasteiger partial charge is 0.416 e. The quantitative estimate of drug-likeness (QED) is 0.672. The number of nitrogens with two attached hydrogens (primary N) is 1. The summed E-state index contributed by atoms with van der Waals surface area (Å²) in [4.78, 5) is 0.316. The molecule has 2 atom stereocenters. The van der Waals surface area contributed by atoms with Crippen LogP contribution in [0.3, 0.4) is 0 Å². The highest BCUT2D eigenvalue weighted by molar-refractivity contribution is 9.09. The van der Waals surface area contributed by atoms with Gasteiger partial charge in [-0.05, 0) is 47.7 Å². The summed E-state index contributed by atoms with van der Waals surface area (Å²) in [6, 6.07) is 9.72. The lowest BCUT2D eigenvalue weighted by molar-refractivity contribution is -0.137. The zero-order chi connectivity index (χ0) is 19.1. The highest BCUT2D eigenvalue weighted by Crippen LogP contribution is 2.48. The third kappa shape index (κ3) is 4.39. The second-order valence-corrected chi connectivity index (χ2v) is 8.91. The van der Waals surface area contributed by atoms with Gasteiger partial charge in [0.05, 0.1) is 10.5 Å². The van der Waals surface area contributed by atoms with Gasteiger partial charge in [-0.3, -0.25) is 0 Å². The number of nitrogens with one attached hydrogen (secondary N) is 1. The molecule has 0 aliphatic heterocycles. The van der Waals surface area contributed by atoms with Gasteiger partial charge in [0.25, 0.3) is 0 Å². The first-order valence-electron chi connectivity index (χ1n) is 7.76. The summed E-state index contributed by atoms with van der Waals surface area (Å²) in [5, 5.41) is 8.34. The third-order valence-corrected chi connectivity index (χ3v) is 6.19. The molecule has 0 aromatic heterocycles. The van der Waals surface area contributed by atoms with Crippen molar-refractivity contribution in [1.29, 1.82) is 0 Å². The number of hydrogen-bond acceptors (Lipinski definition) is 3. The second kappa shape index (κ2) is 6.86. The number of benzene rings is 2. The Morgan fingerprint density at radius 3 is 2.27 bits per heavy atom. The Morgan fingerprint density at radius 2 is 1.77 bits per heavy atom. The van der Waals surface area contributed by atoms with E-state index in [2.05, 4.69) is 21.2 Å². The molecule has 0 saturated heterocycles. The SMILES string of the molecule is NS(=O)(=O)c1cc(NCc2ccc(C(F)(F)F)cc2)ccc1C1CC1Br. The smallest absolute Gasteiger partial charge is 0.381 e. The Labute approximate surface area is 157 Å². The molecule has 1 saturated carbocycles. The zero-order valence-electron chi connectivity index (χ0n) is 13.4. The lowest BCUT2D eigenvalue weighted by Gasteiger charge is -2.12. The van der Waals surface area contributed by atoms with E-state index in [-0.39, 0.29) is 22.2 Å². The molecule has 0 bridgehead atoms. The van der Waals surface area contributed by atoms with Gasteiger partial charge in [-0.25, -0.2) is 13.6 Å². The van der Waals surface area contributed by atoms with E-state index in [4.69, 9.17) is 5.14 Å². The number of anilines is 1. The molecule has 2 unspecified atom stereocenters. The summed E-state index contributed by atoms with van der Waals surface area (Å²) in [6.07, 6.45) is -3.52. The van der Waals surface area contributed by atoms with Crippen molar-refractivity contribution in [3.8, 4) is 0 Å². The molecule has 0 amide bonds. The van der Waals surface area contributed by atoms with Crippen LogP contribution in [0.5, 0.6) is 0 Å². The van der Waals surface area contributed by atoms with Crippen molar-refractivity contribution in [2.75, 3.05) is 5.32 Å². The number of primary sulfonamides is 1. The van der Waals surface area contributed by atoms with Crippen LogP contribution < -0.4 is 10.5 Å². The van der Waals surface area contributed by atoms with Crippen molar-refractivity contribution >= 4 is 31.6 Å². The first kappa shape index (κ1) is 19.2. The van der Waals surface area contributed by atoms with E-state index < -0.39 is 21.8 Å². The maximum atomic E-state index is 12.6. The summed E-state index contributed by atoms with van der Waals surface area (Å²) in [5.74, 6) is 0.118. The second-order valence-electron chi connectivity index (χ2n) is 6.20. The minimum Gasteiger partial charge on any atom is -0.381 e. The first-order valence-corrected chi connectivity index (χ1v) is 10.2. The predicted octanol–water partition coefficient (Wildman–Crippen LogP) is 4.22. The minimum atomic E-state index is -4.37. The molecular weight excluding hydrogens is 433 g/mol. The maximum Gasteiger partial charge on any atom is 0.416 e. The Morgan fingerprint density at radius 1 is 1.15 bits per heavy atom. The molecule has 4 nitrogen and oxygen atoms in total. The average molecular weight is 449 g/mol. The number of rotatable bonds is 5. The Kier molecular flexibility index (Phi) is 5.06. The van der Waals surface area contributed by atoms with Gasteiger partial charge in [0.15, 0.2) is 0 Å². The topological polar surface area (TPSA) is 72.2 Å². The molecule has 140 valence electrons. The van der Waals surface area contributed by atoms with E-state index in [0.717, 1.165) is 18.6 Å². The number of halogens is 4. The zero-order valence-corrected chi connectivity index (χ0v) is 15.8. The molecule has 0 heterocycles. The van der Waals surface area contributed by atoms with Crippen molar-refractivity contribution in [2.24, 2.45) is 5.14 Å². The van der Waals surface area contributed by atoms with Gasteiger partial charge in [0, 0.05) is 17.1 Å². The summed E-state index contributed by atoms with van der Waals surface area (Å²) >= 11 is 3.45. The van der Waals surface area contributed by atoms with Crippen molar-refractivity contribution in [3.63, 3.8) is 0 Å². The standard InChI is InChI=1S/C17H16BrF3N2O2S/c18-15-8-14(15)13-6-5-12(7-16(13)26(22,24)25)23-9-10-1-3-11(4-2-10)17(19,20)21/h1-7,14-15,23H,8-9H2,(H2,22,24,25). The molecule has 3 rings (SSSR count). The van der Waals surface area contributed by atoms with Crippen LogP contribution in [0, 0.1) is 0 Å². The van der Waals surface area contributed by atoms with Crippen LogP contribution in [-0.2, 0) is 22.7 Å². The fraction of sp³-hybridized carbons (Fsp3) is 0.294. The number of alkyl halides is 4. The normalized spacial score (nSPS) is 20.0. The molecule has 3 N–H and O–H groups in total. The van der Waals surface area contributed by atoms with Gasteiger partial charge in [-0.2, -0.15) is 13.2 Å². The van der Waals surface area contributed by atoms with Crippen molar-refractivity contribution in [3.05, 3.63) is 59.2 Å². The van der Waals surface area contributed by atoms with E-state index in [1.165, 1.54) is 18.2 Å². The molecular formula is C17H16BrF3N2O2S. The fourth-order valence-corrected chi connectivity index (χ4v) is 4.23. The van der Waals surface area contributed by atoms with Crippen LogP contribution in [0.1, 0.15) is 29.0 Å². The lowest BCUT2D eigenvalue weighted by atomic mass is 10.1. The molecule has 2 aromatic carbocycles. The number of sulfonamides is 1. The maximum absolute atomic E-state index is 12.6. The van der Waals surface area contributed by atoms with Crippen LogP contribution in [0.4, 0.5) is 18.9 Å². The van der Waals surface area contributed by atoms with E-state index in [1.807, 2.05) is 0 Å². The van der Waals surface area contributed by atoms with E-state index in [9.17, 15) is 21.6 Å². The van der Waals surface area contributed by atoms with E-state index >= 15 is 0 Å². The van der Waals surface area contributed by atoms with Crippen molar-refractivity contribution in [2.45, 2.75) is 34.8 Å². The van der Waals surface area contributed by atoms with Gasteiger partial charge in [0.1, 0.15) is 0 Å². The molecule has 9 heteroatoms. The highest BCUT2D eigenvalue weighted by Gasteiger charge is 2.39.